The molecule has 0 unspecified atom stereocenters. The van der Waals surface area contributed by atoms with Crippen LogP contribution in [0.15, 0.2) is 4.52 Å². The van der Waals surface area contributed by atoms with Crippen LogP contribution in [0, 0.1) is 13.8 Å². The van der Waals surface area contributed by atoms with Crippen molar-refractivity contribution in [3.05, 3.63) is 17.0 Å². The van der Waals surface area contributed by atoms with Crippen LogP contribution in [0.25, 0.3) is 0 Å². The minimum atomic E-state index is 0.445. The van der Waals surface area contributed by atoms with Crippen LogP contribution in [0.4, 0.5) is 0 Å². The third-order valence-electron chi connectivity index (χ3n) is 3.43. The van der Waals surface area contributed by atoms with Crippen LogP contribution in [0.3, 0.4) is 0 Å². The average molecular weight is 224 g/mol. The Morgan fingerprint density at radius 3 is 2.56 bits per heavy atom. The third kappa shape index (κ3) is 2.44. The highest BCUT2D eigenvalue weighted by molar-refractivity contribution is 5.20. The maximum Gasteiger partial charge on any atom is 0.138 e. The molecule has 16 heavy (non-hydrogen) atoms. The van der Waals surface area contributed by atoms with E-state index in [1.54, 1.807) is 7.11 Å². The molecule has 0 N–H and O–H groups in total. The van der Waals surface area contributed by atoms with Gasteiger partial charge in [0.05, 0.1) is 11.8 Å². The fourth-order valence-corrected chi connectivity index (χ4v) is 2.25. The fourth-order valence-electron chi connectivity index (χ4n) is 2.25. The lowest BCUT2D eigenvalue weighted by atomic mass is 10.1. The Morgan fingerprint density at radius 2 is 2.06 bits per heavy atom. The predicted octanol–water partition coefficient (Wildman–Crippen LogP) is 1.90. The first kappa shape index (κ1) is 11.6. The molecule has 1 aromatic heterocycles. The van der Waals surface area contributed by atoms with E-state index in [4.69, 9.17) is 9.26 Å². The molecule has 2 heterocycles. The molecule has 0 spiro atoms. The molecule has 0 atom stereocenters. The van der Waals surface area contributed by atoms with E-state index in [1.165, 1.54) is 5.56 Å². The number of aryl methyl sites for hydroxylation is 2. The molecule has 0 radical (unpaired) electrons. The molecule has 0 bridgehead atoms. The summed E-state index contributed by atoms with van der Waals surface area (Å²) in [6.45, 7) is 7.15. The molecular weight excluding hydrogens is 204 g/mol. The van der Waals surface area contributed by atoms with Crippen LogP contribution in [-0.4, -0.2) is 36.4 Å². The first-order valence-corrected chi connectivity index (χ1v) is 5.87. The van der Waals surface area contributed by atoms with Crippen molar-refractivity contribution < 1.29 is 9.26 Å². The second-order valence-corrected chi connectivity index (χ2v) is 4.51. The summed E-state index contributed by atoms with van der Waals surface area (Å²) in [5.74, 6) is 0.950. The first-order valence-electron chi connectivity index (χ1n) is 5.87. The van der Waals surface area contributed by atoms with E-state index in [-0.39, 0.29) is 0 Å². The number of methoxy groups -OCH3 is 1. The Labute approximate surface area is 96.5 Å². The van der Waals surface area contributed by atoms with Crippen LogP contribution < -0.4 is 0 Å². The Kier molecular flexibility index (Phi) is 3.61. The molecular formula is C12H20N2O2. The number of ether oxygens (including phenoxy) is 1. The van der Waals surface area contributed by atoms with Crippen molar-refractivity contribution in [3.63, 3.8) is 0 Å². The molecule has 1 saturated heterocycles. The molecule has 0 amide bonds. The van der Waals surface area contributed by atoms with Gasteiger partial charge < -0.3 is 9.26 Å². The van der Waals surface area contributed by atoms with E-state index >= 15 is 0 Å². The summed E-state index contributed by atoms with van der Waals surface area (Å²) >= 11 is 0. The molecule has 0 aromatic carbocycles. The lowest BCUT2D eigenvalue weighted by molar-refractivity contribution is 0.0387. The third-order valence-corrected chi connectivity index (χ3v) is 3.43. The SMILES string of the molecule is COC1CCN(Cc2c(C)noc2C)CC1. The number of likely N-dealkylation sites (tertiary alicyclic amines) is 1. The largest absolute Gasteiger partial charge is 0.381 e. The summed E-state index contributed by atoms with van der Waals surface area (Å²) in [7, 11) is 1.80. The highest BCUT2D eigenvalue weighted by atomic mass is 16.5. The molecule has 4 heteroatoms. The van der Waals surface area contributed by atoms with Crippen molar-refractivity contribution in [2.24, 2.45) is 0 Å². The lowest BCUT2D eigenvalue weighted by Gasteiger charge is -2.30. The number of piperidine rings is 1. The van der Waals surface area contributed by atoms with E-state index in [0.717, 1.165) is 43.9 Å². The van der Waals surface area contributed by atoms with Gasteiger partial charge in [0.15, 0.2) is 0 Å². The molecule has 0 aliphatic carbocycles. The zero-order chi connectivity index (χ0) is 11.5. The molecule has 0 saturated carbocycles. The van der Waals surface area contributed by atoms with Crippen LogP contribution in [0.5, 0.6) is 0 Å². The minimum Gasteiger partial charge on any atom is -0.381 e. The summed E-state index contributed by atoms with van der Waals surface area (Å²) in [6, 6.07) is 0. The Bertz CT molecular complexity index is 321. The highest BCUT2D eigenvalue weighted by Gasteiger charge is 2.20. The van der Waals surface area contributed by atoms with Gasteiger partial charge in [-0.15, -0.1) is 0 Å². The molecule has 1 aliphatic heterocycles. The topological polar surface area (TPSA) is 38.5 Å². The van der Waals surface area contributed by atoms with Crippen LogP contribution >= 0.6 is 0 Å². The van der Waals surface area contributed by atoms with E-state index in [2.05, 4.69) is 10.1 Å². The number of rotatable bonds is 3. The molecule has 1 aromatic rings. The second-order valence-electron chi connectivity index (χ2n) is 4.51. The minimum absolute atomic E-state index is 0.445. The van der Waals surface area contributed by atoms with Crippen molar-refractivity contribution in [1.29, 1.82) is 0 Å². The molecule has 1 fully saturated rings. The van der Waals surface area contributed by atoms with Gasteiger partial charge in [-0.05, 0) is 26.7 Å². The van der Waals surface area contributed by atoms with Gasteiger partial charge in [0.1, 0.15) is 5.76 Å². The average Bonchev–Trinajstić information content (AvgIpc) is 2.62. The Balaban J connectivity index is 1.92. The van der Waals surface area contributed by atoms with Crippen LogP contribution in [0.1, 0.15) is 29.9 Å². The summed E-state index contributed by atoms with van der Waals surface area (Å²) in [5.41, 5.74) is 2.27. The van der Waals surface area contributed by atoms with E-state index < -0.39 is 0 Å². The Hall–Kier alpha value is -0.870. The highest BCUT2D eigenvalue weighted by Crippen LogP contribution is 2.19. The summed E-state index contributed by atoms with van der Waals surface area (Å²) < 4.78 is 10.5. The number of hydrogen-bond donors (Lipinski definition) is 0. The summed E-state index contributed by atoms with van der Waals surface area (Å²) in [4.78, 5) is 2.45. The lowest BCUT2D eigenvalue weighted by Crippen LogP contribution is -2.36. The molecule has 90 valence electrons. The zero-order valence-corrected chi connectivity index (χ0v) is 10.3. The van der Waals surface area contributed by atoms with Gasteiger partial charge in [-0.25, -0.2) is 0 Å². The second kappa shape index (κ2) is 4.97. The summed E-state index contributed by atoms with van der Waals surface area (Å²) in [6.07, 6.45) is 2.70. The van der Waals surface area contributed by atoms with Gasteiger partial charge in [0, 0.05) is 32.3 Å². The summed E-state index contributed by atoms with van der Waals surface area (Å²) in [5, 5.41) is 3.99. The van der Waals surface area contributed by atoms with Crippen molar-refractivity contribution in [1.82, 2.24) is 10.1 Å². The number of nitrogens with zero attached hydrogens (tertiary/aromatic N) is 2. The molecule has 4 nitrogen and oxygen atoms in total. The smallest absolute Gasteiger partial charge is 0.138 e. The normalized spacial score (nSPS) is 19.2. The van der Waals surface area contributed by atoms with E-state index in [0.29, 0.717) is 6.10 Å². The van der Waals surface area contributed by atoms with Gasteiger partial charge in [-0.3, -0.25) is 4.90 Å². The van der Waals surface area contributed by atoms with Gasteiger partial charge in [-0.1, -0.05) is 5.16 Å². The fraction of sp³-hybridized carbons (Fsp3) is 0.750. The number of aromatic nitrogens is 1. The predicted molar refractivity (Wildman–Crippen MR) is 61.3 cm³/mol. The molecule has 1 aliphatic rings. The quantitative estimate of drug-likeness (QED) is 0.786. The Morgan fingerprint density at radius 1 is 1.38 bits per heavy atom. The first-order chi connectivity index (χ1) is 7.70. The van der Waals surface area contributed by atoms with Crippen LogP contribution in [0.2, 0.25) is 0 Å². The van der Waals surface area contributed by atoms with Crippen molar-refractivity contribution in [3.8, 4) is 0 Å². The van der Waals surface area contributed by atoms with Gasteiger partial charge in [-0.2, -0.15) is 0 Å². The van der Waals surface area contributed by atoms with Crippen molar-refractivity contribution >= 4 is 0 Å². The van der Waals surface area contributed by atoms with Crippen molar-refractivity contribution in [2.45, 2.75) is 39.3 Å². The number of hydrogen-bond acceptors (Lipinski definition) is 4. The van der Waals surface area contributed by atoms with Crippen molar-refractivity contribution in [2.75, 3.05) is 20.2 Å². The molecule has 2 rings (SSSR count). The maximum atomic E-state index is 5.36. The monoisotopic (exact) mass is 224 g/mol. The maximum absolute atomic E-state index is 5.36. The standard InChI is InChI=1S/C12H20N2O2/c1-9-12(10(2)16-13-9)8-14-6-4-11(15-3)5-7-14/h11H,4-8H2,1-3H3. The van der Waals surface area contributed by atoms with Crippen LogP contribution in [-0.2, 0) is 11.3 Å². The van der Waals surface area contributed by atoms with E-state index in [1.807, 2.05) is 13.8 Å². The van der Waals surface area contributed by atoms with Gasteiger partial charge in [0.25, 0.3) is 0 Å². The van der Waals surface area contributed by atoms with E-state index in [9.17, 15) is 0 Å². The van der Waals surface area contributed by atoms with Gasteiger partial charge >= 0.3 is 0 Å². The zero-order valence-electron chi connectivity index (χ0n) is 10.3. The van der Waals surface area contributed by atoms with Gasteiger partial charge in [0.2, 0.25) is 0 Å².